The highest BCUT2D eigenvalue weighted by molar-refractivity contribution is 5.90. The Balaban J connectivity index is 1.55. The molecule has 3 rings (SSSR count). The van der Waals surface area contributed by atoms with Crippen LogP contribution < -0.4 is 10.2 Å². The molecule has 172 valence electrons. The van der Waals surface area contributed by atoms with Gasteiger partial charge in [-0.15, -0.1) is 0 Å². The van der Waals surface area contributed by atoms with Crippen molar-refractivity contribution in [1.82, 2.24) is 10.2 Å². The van der Waals surface area contributed by atoms with Crippen molar-refractivity contribution in [3.63, 3.8) is 0 Å². The van der Waals surface area contributed by atoms with Gasteiger partial charge in [-0.3, -0.25) is 9.69 Å². The summed E-state index contributed by atoms with van der Waals surface area (Å²) in [6, 6.07) is 8.25. The highest BCUT2D eigenvalue weighted by Gasteiger charge is 2.47. The van der Waals surface area contributed by atoms with Crippen LogP contribution in [0.4, 0.5) is 10.5 Å². The zero-order valence-electron chi connectivity index (χ0n) is 19.3. The van der Waals surface area contributed by atoms with Crippen molar-refractivity contribution in [2.45, 2.75) is 71.1 Å². The Morgan fingerprint density at radius 1 is 1.16 bits per heavy atom. The number of ether oxygens (including phenoxy) is 1. The summed E-state index contributed by atoms with van der Waals surface area (Å²) in [5.41, 5.74) is 0.712. The van der Waals surface area contributed by atoms with Crippen LogP contribution in [0.1, 0.15) is 58.9 Å². The first-order valence-electron chi connectivity index (χ1n) is 11.4. The highest BCUT2D eigenvalue weighted by Crippen LogP contribution is 2.31. The fourth-order valence-electron chi connectivity index (χ4n) is 4.38. The quantitative estimate of drug-likeness (QED) is 0.748. The fourth-order valence-corrected chi connectivity index (χ4v) is 4.38. The lowest BCUT2D eigenvalue weighted by Crippen LogP contribution is -2.56. The number of nitrogens with one attached hydrogen (secondary N) is 1. The molecule has 2 N–H and O–H groups in total. The number of aliphatic hydroxyl groups excluding tert-OH is 1. The summed E-state index contributed by atoms with van der Waals surface area (Å²) < 4.78 is 5.50. The minimum atomic E-state index is -0.890. The third kappa shape index (κ3) is 5.70. The van der Waals surface area contributed by atoms with Gasteiger partial charge in [-0.1, -0.05) is 12.1 Å². The number of piperidine rings is 1. The third-order valence-electron chi connectivity index (χ3n) is 6.37. The van der Waals surface area contributed by atoms with Gasteiger partial charge in [0.25, 0.3) is 0 Å². The molecule has 1 aromatic rings. The molecule has 0 aliphatic carbocycles. The van der Waals surface area contributed by atoms with Gasteiger partial charge in [0.2, 0.25) is 5.91 Å². The number of rotatable bonds is 5. The molecule has 2 fully saturated rings. The molecular weight excluding hydrogens is 394 g/mol. The Labute approximate surface area is 185 Å². The van der Waals surface area contributed by atoms with Crippen LogP contribution in [0.25, 0.3) is 0 Å². The van der Waals surface area contributed by atoms with E-state index in [-0.39, 0.29) is 12.5 Å². The summed E-state index contributed by atoms with van der Waals surface area (Å²) in [7, 11) is 0. The molecule has 0 spiro atoms. The van der Waals surface area contributed by atoms with E-state index in [0.29, 0.717) is 25.4 Å². The molecule has 1 atom stereocenters. The maximum atomic E-state index is 13.0. The summed E-state index contributed by atoms with van der Waals surface area (Å²) in [5, 5.41) is 12.3. The van der Waals surface area contributed by atoms with Crippen LogP contribution in [0.3, 0.4) is 0 Å². The second-order valence-corrected chi connectivity index (χ2v) is 9.97. The predicted octanol–water partition coefficient (Wildman–Crippen LogP) is 3.30. The van der Waals surface area contributed by atoms with Crippen LogP contribution in [-0.2, 0) is 16.1 Å². The Morgan fingerprint density at radius 2 is 1.81 bits per heavy atom. The molecule has 0 aromatic heterocycles. The van der Waals surface area contributed by atoms with E-state index in [4.69, 9.17) is 4.74 Å². The highest BCUT2D eigenvalue weighted by atomic mass is 16.6. The molecule has 7 heteroatoms. The lowest BCUT2D eigenvalue weighted by molar-refractivity contribution is -0.131. The first-order chi connectivity index (χ1) is 14.6. The van der Waals surface area contributed by atoms with Crippen LogP contribution in [0, 0.1) is 5.92 Å². The number of likely N-dealkylation sites (tertiary alicyclic amines) is 1. The molecule has 2 amide bonds. The van der Waals surface area contributed by atoms with E-state index in [1.165, 1.54) is 5.69 Å². The fraction of sp³-hybridized carbons (Fsp3) is 0.667. The van der Waals surface area contributed by atoms with Gasteiger partial charge < -0.3 is 20.1 Å². The maximum Gasteiger partial charge on any atom is 0.411 e. The lowest BCUT2D eigenvalue weighted by atomic mass is 9.97. The van der Waals surface area contributed by atoms with Crippen LogP contribution in [0.15, 0.2) is 24.3 Å². The van der Waals surface area contributed by atoms with Gasteiger partial charge >= 0.3 is 6.09 Å². The SMILES string of the molecule is CC(C)(C)OC(=O)N1CCC[C@]1(C)C(=O)NCc1ccc(N2CCC(CO)CC2)cc1. The molecule has 1 aromatic carbocycles. The van der Waals surface area contributed by atoms with E-state index < -0.39 is 17.2 Å². The molecule has 7 nitrogen and oxygen atoms in total. The number of hydrogen-bond donors (Lipinski definition) is 2. The number of carbonyl (C=O) groups excluding carboxylic acids is 2. The lowest BCUT2D eigenvalue weighted by Gasteiger charge is -2.35. The molecule has 2 aliphatic heterocycles. The number of hydrogen-bond acceptors (Lipinski definition) is 5. The van der Waals surface area contributed by atoms with Gasteiger partial charge in [0.15, 0.2) is 0 Å². The van der Waals surface area contributed by atoms with E-state index in [1.807, 2.05) is 39.8 Å². The standard InChI is InChI=1S/C24H37N3O4/c1-23(2,3)31-22(30)27-13-5-12-24(27,4)21(29)25-16-18-6-8-20(9-7-18)26-14-10-19(17-28)11-15-26/h6-9,19,28H,5,10-17H2,1-4H3,(H,25,29)/t24-/m1/s1. The summed E-state index contributed by atoms with van der Waals surface area (Å²) in [6.07, 6.45) is 3.00. The summed E-state index contributed by atoms with van der Waals surface area (Å²) in [4.78, 5) is 29.5. The number of carbonyl (C=O) groups is 2. The van der Waals surface area contributed by atoms with Crippen LogP contribution in [-0.4, -0.2) is 59.4 Å². The molecular formula is C24H37N3O4. The van der Waals surface area contributed by atoms with Gasteiger partial charge in [-0.05, 0) is 77.0 Å². The molecule has 31 heavy (non-hydrogen) atoms. The molecule has 2 aliphatic rings. The normalized spacial score (nSPS) is 22.5. The number of nitrogens with zero attached hydrogens (tertiary/aromatic N) is 2. The van der Waals surface area contributed by atoms with E-state index in [2.05, 4.69) is 22.3 Å². The topological polar surface area (TPSA) is 82.1 Å². The monoisotopic (exact) mass is 431 g/mol. The van der Waals surface area contributed by atoms with Gasteiger partial charge in [0.1, 0.15) is 11.1 Å². The van der Waals surface area contributed by atoms with Gasteiger partial charge in [-0.2, -0.15) is 0 Å². The second-order valence-electron chi connectivity index (χ2n) is 9.97. The van der Waals surface area contributed by atoms with Crippen LogP contribution in [0.2, 0.25) is 0 Å². The van der Waals surface area contributed by atoms with E-state index >= 15 is 0 Å². The van der Waals surface area contributed by atoms with Gasteiger partial charge in [-0.25, -0.2) is 4.79 Å². The summed E-state index contributed by atoms with van der Waals surface area (Å²) >= 11 is 0. The van der Waals surface area contributed by atoms with Gasteiger partial charge in [0, 0.05) is 38.5 Å². The third-order valence-corrected chi connectivity index (χ3v) is 6.37. The smallest absolute Gasteiger partial charge is 0.411 e. The van der Waals surface area contributed by atoms with E-state index in [1.54, 1.807) is 4.90 Å². The van der Waals surface area contributed by atoms with Gasteiger partial charge in [0.05, 0.1) is 0 Å². The Bertz CT molecular complexity index is 766. The Hall–Kier alpha value is -2.28. The van der Waals surface area contributed by atoms with Crippen molar-refractivity contribution in [1.29, 1.82) is 0 Å². The van der Waals surface area contributed by atoms with E-state index in [9.17, 15) is 14.7 Å². The molecule has 0 bridgehead atoms. The Kier molecular flexibility index (Phi) is 7.14. The number of anilines is 1. The molecule has 0 saturated carbocycles. The van der Waals surface area contributed by atoms with E-state index in [0.717, 1.165) is 37.9 Å². The van der Waals surface area contributed by atoms with Crippen molar-refractivity contribution >= 4 is 17.7 Å². The van der Waals surface area contributed by atoms with Crippen molar-refractivity contribution in [2.75, 3.05) is 31.1 Å². The first-order valence-corrected chi connectivity index (χ1v) is 11.4. The predicted molar refractivity (Wildman–Crippen MR) is 121 cm³/mol. The average Bonchev–Trinajstić information content (AvgIpc) is 3.14. The molecule has 0 radical (unpaired) electrons. The second kappa shape index (κ2) is 9.47. The summed E-state index contributed by atoms with van der Waals surface area (Å²) in [6.45, 7) is 10.4. The van der Waals surface area contributed by atoms with Crippen LogP contribution in [0.5, 0.6) is 0 Å². The minimum absolute atomic E-state index is 0.147. The zero-order valence-corrected chi connectivity index (χ0v) is 19.3. The largest absolute Gasteiger partial charge is 0.444 e. The minimum Gasteiger partial charge on any atom is -0.444 e. The van der Waals surface area contributed by atoms with Crippen molar-refractivity contribution < 1.29 is 19.4 Å². The number of aliphatic hydroxyl groups is 1. The number of amides is 2. The first kappa shape index (κ1) is 23.4. The molecule has 2 saturated heterocycles. The molecule has 0 unspecified atom stereocenters. The van der Waals surface area contributed by atoms with Crippen molar-refractivity contribution in [2.24, 2.45) is 5.92 Å². The zero-order chi connectivity index (χ0) is 22.6. The average molecular weight is 432 g/mol. The summed E-state index contributed by atoms with van der Waals surface area (Å²) in [5.74, 6) is 0.272. The Morgan fingerprint density at radius 3 is 2.39 bits per heavy atom. The molecule has 2 heterocycles. The van der Waals surface area contributed by atoms with Crippen molar-refractivity contribution in [3.05, 3.63) is 29.8 Å². The number of benzene rings is 1. The van der Waals surface area contributed by atoms with Crippen LogP contribution >= 0.6 is 0 Å². The maximum absolute atomic E-state index is 13.0. The van der Waals surface area contributed by atoms with Crippen molar-refractivity contribution in [3.8, 4) is 0 Å².